The van der Waals surface area contributed by atoms with Crippen molar-refractivity contribution in [3.63, 3.8) is 0 Å². The summed E-state index contributed by atoms with van der Waals surface area (Å²) in [6.07, 6.45) is 3.35. The Hall–Kier alpha value is -0.610. The SMILES string of the molecule is CC(C)NCCCC(=O)NC1(C)CCOCC1. The first-order valence-corrected chi connectivity index (χ1v) is 6.64. The van der Waals surface area contributed by atoms with Gasteiger partial charge in [0.15, 0.2) is 0 Å². The largest absolute Gasteiger partial charge is 0.381 e. The Labute approximate surface area is 104 Å². The van der Waals surface area contributed by atoms with E-state index in [2.05, 4.69) is 31.4 Å². The Balaban J connectivity index is 2.15. The molecule has 0 atom stereocenters. The van der Waals surface area contributed by atoms with Gasteiger partial charge in [-0.25, -0.2) is 0 Å². The molecule has 0 spiro atoms. The molecular formula is C13H26N2O2. The summed E-state index contributed by atoms with van der Waals surface area (Å²) < 4.78 is 5.31. The Morgan fingerprint density at radius 3 is 2.59 bits per heavy atom. The lowest BCUT2D eigenvalue weighted by atomic mass is 9.92. The van der Waals surface area contributed by atoms with Crippen molar-refractivity contribution in [3.05, 3.63) is 0 Å². The molecule has 0 aliphatic carbocycles. The summed E-state index contributed by atoms with van der Waals surface area (Å²) in [6.45, 7) is 8.76. The monoisotopic (exact) mass is 242 g/mol. The van der Waals surface area contributed by atoms with E-state index < -0.39 is 0 Å². The molecule has 0 saturated carbocycles. The fourth-order valence-corrected chi connectivity index (χ4v) is 1.99. The van der Waals surface area contributed by atoms with Crippen molar-refractivity contribution in [1.82, 2.24) is 10.6 Å². The maximum absolute atomic E-state index is 11.8. The third kappa shape index (κ3) is 6.03. The first kappa shape index (κ1) is 14.5. The maximum atomic E-state index is 11.8. The van der Waals surface area contributed by atoms with Gasteiger partial charge in [0.25, 0.3) is 0 Å². The van der Waals surface area contributed by atoms with Gasteiger partial charge in [0.05, 0.1) is 0 Å². The lowest BCUT2D eigenvalue weighted by Crippen LogP contribution is -2.49. The van der Waals surface area contributed by atoms with Crippen LogP contribution >= 0.6 is 0 Å². The summed E-state index contributed by atoms with van der Waals surface area (Å²) in [7, 11) is 0. The number of amides is 1. The molecule has 4 heteroatoms. The van der Waals surface area contributed by atoms with Gasteiger partial charge in [0, 0.05) is 31.2 Å². The van der Waals surface area contributed by atoms with E-state index in [4.69, 9.17) is 4.74 Å². The van der Waals surface area contributed by atoms with Crippen molar-refractivity contribution in [2.75, 3.05) is 19.8 Å². The highest BCUT2D eigenvalue weighted by molar-refractivity contribution is 5.76. The number of nitrogens with one attached hydrogen (secondary N) is 2. The Bertz CT molecular complexity index is 236. The average molecular weight is 242 g/mol. The van der Waals surface area contributed by atoms with Crippen molar-refractivity contribution >= 4 is 5.91 Å². The summed E-state index contributed by atoms with van der Waals surface area (Å²) in [4.78, 5) is 11.8. The fraction of sp³-hybridized carbons (Fsp3) is 0.923. The molecule has 1 rings (SSSR count). The van der Waals surface area contributed by atoms with Crippen LogP contribution in [0.15, 0.2) is 0 Å². The van der Waals surface area contributed by atoms with Crippen molar-refractivity contribution in [2.45, 2.75) is 58.0 Å². The molecule has 0 aromatic carbocycles. The Morgan fingerprint density at radius 2 is 2.00 bits per heavy atom. The van der Waals surface area contributed by atoms with Gasteiger partial charge in [-0.2, -0.15) is 0 Å². The molecule has 0 bridgehead atoms. The fourth-order valence-electron chi connectivity index (χ4n) is 1.99. The molecule has 1 heterocycles. The van der Waals surface area contributed by atoms with Crippen molar-refractivity contribution in [2.24, 2.45) is 0 Å². The molecule has 1 aliphatic rings. The van der Waals surface area contributed by atoms with E-state index in [-0.39, 0.29) is 11.4 Å². The second-order valence-electron chi connectivity index (χ2n) is 5.43. The van der Waals surface area contributed by atoms with Crippen LogP contribution in [-0.2, 0) is 9.53 Å². The van der Waals surface area contributed by atoms with Crippen LogP contribution in [0.5, 0.6) is 0 Å². The third-order valence-electron chi connectivity index (χ3n) is 3.17. The van der Waals surface area contributed by atoms with E-state index in [1.54, 1.807) is 0 Å². The van der Waals surface area contributed by atoms with Crippen molar-refractivity contribution < 1.29 is 9.53 Å². The second-order valence-corrected chi connectivity index (χ2v) is 5.43. The number of carbonyl (C=O) groups is 1. The molecule has 1 saturated heterocycles. The predicted molar refractivity (Wildman–Crippen MR) is 69.0 cm³/mol. The first-order valence-electron chi connectivity index (χ1n) is 6.64. The minimum absolute atomic E-state index is 0.0548. The first-order chi connectivity index (χ1) is 8.02. The predicted octanol–water partition coefficient (Wildman–Crippen LogP) is 1.45. The zero-order valence-electron chi connectivity index (χ0n) is 11.3. The highest BCUT2D eigenvalue weighted by atomic mass is 16.5. The molecule has 0 aromatic heterocycles. The summed E-state index contributed by atoms with van der Waals surface area (Å²) in [5.41, 5.74) is -0.0548. The van der Waals surface area contributed by atoms with E-state index in [1.807, 2.05) is 0 Å². The van der Waals surface area contributed by atoms with Crippen LogP contribution in [0, 0.1) is 0 Å². The molecule has 0 aromatic rings. The number of ether oxygens (including phenoxy) is 1. The second kappa shape index (κ2) is 6.97. The molecule has 100 valence electrons. The quantitative estimate of drug-likeness (QED) is 0.693. The smallest absolute Gasteiger partial charge is 0.220 e. The maximum Gasteiger partial charge on any atom is 0.220 e. The highest BCUT2D eigenvalue weighted by Crippen LogP contribution is 2.19. The van der Waals surface area contributed by atoms with E-state index in [1.165, 1.54) is 0 Å². The van der Waals surface area contributed by atoms with Crippen LogP contribution in [-0.4, -0.2) is 37.2 Å². The average Bonchev–Trinajstić information content (AvgIpc) is 2.24. The topological polar surface area (TPSA) is 50.4 Å². The molecular weight excluding hydrogens is 216 g/mol. The molecule has 1 fully saturated rings. The minimum atomic E-state index is -0.0548. The third-order valence-corrected chi connectivity index (χ3v) is 3.17. The summed E-state index contributed by atoms with van der Waals surface area (Å²) in [5, 5.41) is 6.45. The van der Waals surface area contributed by atoms with Gasteiger partial charge >= 0.3 is 0 Å². The number of rotatable bonds is 6. The van der Waals surface area contributed by atoms with Crippen LogP contribution < -0.4 is 10.6 Å². The van der Waals surface area contributed by atoms with Crippen LogP contribution in [0.3, 0.4) is 0 Å². The summed E-state index contributed by atoms with van der Waals surface area (Å²) in [5.74, 6) is 0.167. The zero-order chi connectivity index (χ0) is 12.7. The molecule has 4 nitrogen and oxygen atoms in total. The van der Waals surface area contributed by atoms with Gasteiger partial charge in [-0.05, 0) is 32.7 Å². The number of hydrogen-bond acceptors (Lipinski definition) is 3. The van der Waals surface area contributed by atoms with Crippen LogP contribution in [0.2, 0.25) is 0 Å². The Kier molecular flexibility index (Phi) is 5.92. The van der Waals surface area contributed by atoms with E-state index in [0.717, 1.165) is 39.0 Å². The van der Waals surface area contributed by atoms with Crippen molar-refractivity contribution in [3.8, 4) is 0 Å². The van der Waals surface area contributed by atoms with Gasteiger partial charge in [-0.3, -0.25) is 4.79 Å². The summed E-state index contributed by atoms with van der Waals surface area (Å²) in [6, 6.07) is 0.492. The number of hydrogen-bond donors (Lipinski definition) is 2. The van der Waals surface area contributed by atoms with Crippen LogP contribution in [0.4, 0.5) is 0 Å². The molecule has 0 unspecified atom stereocenters. The standard InChI is InChI=1S/C13H26N2O2/c1-11(2)14-8-4-5-12(16)15-13(3)6-9-17-10-7-13/h11,14H,4-10H2,1-3H3,(H,15,16). The summed E-state index contributed by atoms with van der Waals surface area (Å²) >= 11 is 0. The van der Waals surface area contributed by atoms with Gasteiger partial charge in [0.1, 0.15) is 0 Å². The van der Waals surface area contributed by atoms with E-state index in [9.17, 15) is 4.79 Å². The Morgan fingerprint density at radius 1 is 1.35 bits per heavy atom. The van der Waals surface area contributed by atoms with Crippen LogP contribution in [0.1, 0.15) is 46.5 Å². The molecule has 17 heavy (non-hydrogen) atoms. The van der Waals surface area contributed by atoms with Gasteiger partial charge in [-0.15, -0.1) is 0 Å². The molecule has 2 N–H and O–H groups in total. The lowest BCUT2D eigenvalue weighted by Gasteiger charge is -2.34. The van der Waals surface area contributed by atoms with Gasteiger partial charge < -0.3 is 15.4 Å². The van der Waals surface area contributed by atoms with Crippen LogP contribution in [0.25, 0.3) is 0 Å². The lowest BCUT2D eigenvalue weighted by molar-refractivity contribution is -0.124. The molecule has 1 aliphatic heterocycles. The van der Waals surface area contributed by atoms with Crippen molar-refractivity contribution in [1.29, 1.82) is 0 Å². The highest BCUT2D eigenvalue weighted by Gasteiger charge is 2.28. The van der Waals surface area contributed by atoms with E-state index >= 15 is 0 Å². The normalized spacial score (nSPS) is 19.3. The molecule has 0 radical (unpaired) electrons. The zero-order valence-corrected chi connectivity index (χ0v) is 11.3. The van der Waals surface area contributed by atoms with E-state index in [0.29, 0.717) is 12.5 Å². The van der Waals surface area contributed by atoms with Gasteiger partial charge in [0.2, 0.25) is 5.91 Å². The number of carbonyl (C=O) groups excluding carboxylic acids is 1. The van der Waals surface area contributed by atoms with Gasteiger partial charge in [-0.1, -0.05) is 13.8 Å². The molecule has 1 amide bonds. The minimum Gasteiger partial charge on any atom is -0.381 e.